The lowest BCUT2D eigenvalue weighted by molar-refractivity contribution is 0.0116. The average molecular weight is 420 g/mol. The van der Waals surface area contributed by atoms with E-state index in [1.807, 2.05) is 18.2 Å². The van der Waals surface area contributed by atoms with Crippen LogP contribution < -0.4 is 4.90 Å². The van der Waals surface area contributed by atoms with Gasteiger partial charge in [-0.2, -0.15) is 0 Å². The van der Waals surface area contributed by atoms with E-state index >= 15 is 0 Å². The molecule has 0 spiro atoms. The van der Waals surface area contributed by atoms with Crippen LogP contribution in [0.1, 0.15) is 28.8 Å². The summed E-state index contributed by atoms with van der Waals surface area (Å²) in [4.78, 5) is 25.0. The molecule has 7 heteroatoms. The number of nitrogens with zero attached hydrogens (tertiary/aromatic N) is 4. The maximum atomic E-state index is 13.2. The summed E-state index contributed by atoms with van der Waals surface area (Å²) in [5.74, 6) is 0.346. The lowest BCUT2D eigenvalue weighted by Gasteiger charge is -2.39. The van der Waals surface area contributed by atoms with Crippen LogP contribution in [-0.2, 0) is 5.60 Å². The summed E-state index contributed by atoms with van der Waals surface area (Å²) in [7, 11) is 3.44. The second-order valence-electron chi connectivity index (χ2n) is 8.07. The van der Waals surface area contributed by atoms with Gasteiger partial charge in [0, 0.05) is 38.3 Å². The third-order valence-electron chi connectivity index (χ3n) is 5.73. The van der Waals surface area contributed by atoms with E-state index in [4.69, 9.17) is 4.98 Å². The molecule has 0 bridgehead atoms. The largest absolute Gasteiger partial charge is 0.385 e. The Morgan fingerprint density at radius 1 is 1.10 bits per heavy atom. The van der Waals surface area contributed by atoms with Crippen molar-refractivity contribution in [2.24, 2.45) is 0 Å². The van der Waals surface area contributed by atoms with Gasteiger partial charge in [0.2, 0.25) is 0 Å². The number of benzene rings is 2. The number of halogens is 1. The van der Waals surface area contributed by atoms with Crippen molar-refractivity contribution in [2.45, 2.75) is 18.4 Å². The Hall–Kier alpha value is -3.32. The number of carbonyl (C=O) groups excluding carboxylic acids is 1. The van der Waals surface area contributed by atoms with Gasteiger partial charge in [-0.05, 0) is 42.7 Å². The molecule has 0 aliphatic carbocycles. The zero-order chi connectivity index (χ0) is 22.0. The fourth-order valence-corrected chi connectivity index (χ4v) is 3.87. The molecule has 1 aromatic heterocycles. The van der Waals surface area contributed by atoms with Crippen LogP contribution in [0.25, 0.3) is 11.3 Å². The van der Waals surface area contributed by atoms with E-state index in [9.17, 15) is 14.3 Å². The van der Waals surface area contributed by atoms with Gasteiger partial charge in [-0.15, -0.1) is 0 Å². The van der Waals surface area contributed by atoms with Gasteiger partial charge >= 0.3 is 0 Å². The molecular weight excluding hydrogens is 395 g/mol. The maximum Gasteiger partial charge on any atom is 0.253 e. The standard InChI is InChI=1S/C24H25FN4O2/c1-28(2)23(30)18-5-3-4-17(14-18)21-15-26-16-22(27-21)29-12-10-24(31,11-13-29)19-6-8-20(25)9-7-19/h3-9,14-16,31H,10-13H2,1-2H3. The molecule has 160 valence electrons. The molecule has 1 amide bonds. The van der Waals surface area contributed by atoms with E-state index in [1.54, 1.807) is 44.7 Å². The van der Waals surface area contributed by atoms with Crippen molar-refractivity contribution in [3.63, 3.8) is 0 Å². The number of carbonyl (C=O) groups is 1. The van der Waals surface area contributed by atoms with Crippen molar-refractivity contribution >= 4 is 11.7 Å². The SMILES string of the molecule is CN(C)C(=O)c1cccc(-c2cncc(N3CCC(O)(c4ccc(F)cc4)CC3)n2)c1. The molecule has 1 aliphatic heterocycles. The Morgan fingerprint density at radius 3 is 2.48 bits per heavy atom. The Bertz CT molecular complexity index is 1080. The molecule has 1 saturated heterocycles. The monoisotopic (exact) mass is 420 g/mol. The fraction of sp³-hybridized carbons (Fsp3) is 0.292. The van der Waals surface area contributed by atoms with Crippen LogP contribution in [0.4, 0.5) is 10.2 Å². The Morgan fingerprint density at radius 2 is 1.81 bits per heavy atom. The summed E-state index contributed by atoms with van der Waals surface area (Å²) in [5.41, 5.74) is 1.86. The highest BCUT2D eigenvalue weighted by atomic mass is 19.1. The molecule has 0 unspecified atom stereocenters. The number of aliphatic hydroxyl groups is 1. The number of hydrogen-bond donors (Lipinski definition) is 1. The van der Waals surface area contributed by atoms with Crippen LogP contribution >= 0.6 is 0 Å². The van der Waals surface area contributed by atoms with Gasteiger partial charge in [0.15, 0.2) is 0 Å². The first-order valence-electron chi connectivity index (χ1n) is 10.2. The van der Waals surface area contributed by atoms with Crippen LogP contribution in [-0.4, -0.2) is 53.1 Å². The van der Waals surface area contributed by atoms with Gasteiger partial charge in [-0.3, -0.25) is 9.78 Å². The summed E-state index contributed by atoms with van der Waals surface area (Å²) in [6, 6.07) is 13.4. The first-order chi connectivity index (χ1) is 14.9. The maximum absolute atomic E-state index is 13.2. The molecule has 0 atom stereocenters. The van der Waals surface area contributed by atoms with Crippen LogP contribution in [0.15, 0.2) is 60.9 Å². The van der Waals surface area contributed by atoms with Gasteiger partial charge < -0.3 is 14.9 Å². The number of anilines is 1. The highest BCUT2D eigenvalue weighted by molar-refractivity contribution is 5.95. The smallest absolute Gasteiger partial charge is 0.253 e. The third kappa shape index (κ3) is 4.41. The van der Waals surface area contributed by atoms with Gasteiger partial charge in [-0.25, -0.2) is 9.37 Å². The minimum Gasteiger partial charge on any atom is -0.385 e. The van der Waals surface area contributed by atoms with Gasteiger partial charge in [0.05, 0.1) is 23.7 Å². The molecule has 6 nitrogen and oxygen atoms in total. The van der Waals surface area contributed by atoms with E-state index < -0.39 is 5.60 Å². The van der Waals surface area contributed by atoms with E-state index in [2.05, 4.69) is 9.88 Å². The molecule has 0 radical (unpaired) electrons. The van der Waals surface area contributed by atoms with E-state index in [1.165, 1.54) is 17.0 Å². The molecule has 3 aromatic rings. The molecule has 2 aromatic carbocycles. The molecule has 31 heavy (non-hydrogen) atoms. The number of piperidine rings is 1. The second-order valence-corrected chi connectivity index (χ2v) is 8.07. The number of amides is 1. The Labute approximate surface area is 181 Å². The Balaban J connectivity index is 1.52. The van der Waals surface area contributed by atoms with E-state index in [0.29, 0.717) is 37.2 Å². The molecule has 4 rings (SSSR count). The minimum absolute atomic E-state index is 0.0675. The summed E-state index contributed by atoms with van der Waals surface area (Å²) >= 11 is 0. The summed E-state index contributed by atoms with van der Waals surface area (Å²) in [6.07, 6.45) is 4.41. The molecule has 0 saturated carbocycles. The topological polar surface area (TPSA) is 69.6 Å². The van der Waals surface area contributed by atoms with Gasteiger partial charge in [-0.1, -0.05) is 24.3 Å². The molecule has 1 N–H and O–H groups in total. The highest BCUT2D eigenvalue weighted by Crippen LogP contribution is 2.34. The summed E-state index contributed by atoms with van der Waals surface area (Å²) in [6.45, 7) is 1.20. The summed E-state index contributed by atoms with van der Waals surface area (Å²) < 4.78 is 13.2. The first kappa shape index (κ1) is 20.9. The van der Waals surface area contributed by atoms with Crippen LogP contribution in [0.3, 0.4) is 0 Å². The number of aromatic nitrogens is 2. The van der Waals surface area contributed by atoms with Crippen LogP contribution in [0.5, 0.6) is 0 Å². The predicted molar refractivity (Wildman–Crippen MR) is 117 cm³/mol. The normalized spacial score (nSPS) is 15.5. The van der Waals surface area contributed by atoms with Crippen molar-refractivity contribution in [2.75, 3.05) is 32.1 Å². The average Bonchev–Trinajstić information content (AvgIpc) is 2.79. The molecule has 2 heterocycles. The van der Waals surface area contributed by atoms with Crippen molar-refractivity contribution in [1.82, 2.24) is 14.9 Å². The molecule has 1 fully saturated rings. The first-order valence-corrected chi connectivity index (χ1v) is 10.2. The zero-order valence-corrected chi connectivity index (χ0v) is 17.6. The van der Waals surface area contributed by atoms with Gasteiger partial charge in [0.1, 0.15) is 11.6 Å². The van der Waals surface area contributed by atoms with E-state index in [-0.39, 0.29) is 11.7 Å². The van der Waals surface area contributed by atoms with Crippen molar-refractivity contribution in [3.05, 3.63) is 77.9 Å². The molecular formula is C24H25FN4O2. The summed E-state index contributed by atoms with van der Waals surface area (Å²) in [5, 5.41) is 11.0. The lowest BCUT2D eigenvalue weighted by atomic mass is 9.84. The van der Waals surface area contributed by atoms with Crippen LogP contribution in [0, 0.1) is 5.82 Å². The van der Waals surface area contributed by atoms with Gasteiger partial charge in [0.25, 0.3) is 5.91 Å². The number of hydrogen-bond acceptors (Lipinski definition) is 5. The quantitative estimate of drug-likeness (QED) is 0.700. The highest BCUT2D eigenvalue weighted by Gasteiger charge is 2.34. The lowest BCUT2D eigenvalue weighted by Crippen LogP contribution is -2.43. The Kier molecular flexibility index (Phi) is 5.69. The minimum atomic E-state index is -0.976. The van der Waals surface area contributed by atoms with Crippen molar-refractivity contribution in [3.8, 4) is 11.3 Å². The van der Waals surface area contributed by atoms with Crippen molar-refractivity contribution < 1.29 is 14.3 Å². The number of rotatable bonds is 4. The van der Waals surface area contributed by atoms with Crippen molar-refractivity contribution in [1.29, 1.82) is 0 Å². The second kappa shape index (κ2) is 8.43. The zero-order valence-electron chi connectivity index (χ0n) is 17.6. The third-order valence-corrected chi connectivity index (χ3v) is 5.73. The fourth-order valence-electron chi connectivity index (χ4n) is 3.87. The molecule has 1 aliphatic rings. The van der Waals surface area contributed by atoms with E-state index in [0.717, 1.165) is 16.9 Å². The van der Waals surface area contributed by atoms with Crippen LogP contribution in [0.2, 0.25) is 0 Å². The predicted octanol–water partition coefficient (Wildman–Crippen LogP) is 3.47.